The van der Waals surface area contributed by atoms with Gasteiger partial charge in [0.1, 0.15) is 0 Å². The van der Waals surface area contributed by atoms with Gasteiger partial charge in [0.25, 0.3) is 0 Å². The first-order chi connectivity index (χ1) is 8.81. The molecule has 0 aliphatic carbocycles. The van der Waals surface area contributed by atoms with E-state index in [0.29, 0.717) is 13.2 Å². The minimum atomic E-state index is 0.0779. The molecule has 18 heavy (non-hydrogen) atoms. The fourth-order valence-electron chi connectivity index (χ4n) is 1.73. The van der Waals surface area contributed by atoms with Gasteiger partial charge >= 0.3 is 0 Å². The molecule has 2 aromatic heterocycles. The van der Waals surface area contributed by atoms with Gasteiger partial charge in [0.15, 0.2) is 0 Å². The molecule has 4 nitrogen and oxygen atoms in total. The molecule has 0 fully saturated rings. The zero-order valence-corrected chi connectivity index (χ0v) is 11.2. The van der Waals surface area contributed by atoms with E-state index in [1.807, 2.05) is 12.3 Å². The van der Waals surface area contributed by atoms with E-state index >= 15 is 0 Å². The van der Waals surface area contributed by atoms with Gasteiger partial charge in [-0.15, -0.1) is 11.3 Å². The van der Waals surface area contributed by atoms with Gasteiger partial charge in [-0.05, 0) is 30.0 Å². The quantitative estimate of drug-likeness (QED) is 0.752. The number of rotatable bonds is 7. The van der Waals surface area contributed by atoms with Crippen LogP contribution < -0.4 is 5.32 Å². The van der Waals surface area contributed by atoms with Gasteiger partial charge in [-0.25, -0.2) is 0 Å². The number of hydrogen-bond acceptors (Lipinski definition) is 5. The SMILES string of the molecule is CC(NCCOCCO)c1cnc2ccsc2c1. The number of hydrogen-bond donors (Lipinski definition) is 2. The maximum Gasteiger partial charge on any atom is 0.0809 e. The number of ether oxygens (including phenoxy) is 1. The summed E-state index contributed by atoms with van der Waals surface area (Å²) in [6.45, 7) is 3.97. The third-order valence-electron chi connectivity index (χ3n) is 2.76. The molecule has 0 bridgehead atoms. The van der Waals surface area contributed by atoms with Crippen molar-refractivity contribution in [2.45, 2.75) is 13.0 Å². The van der Waals surface area contributed by atoms with E-state index in [0.717, 1.165) is 12.1 Å². The Hall–Kier alpha value is -1.01. The zero-order chi connectivity index (χ0) is 12.8. The largest absolute Gasteiger partial charge is 0.394 e. The van der Waals surface area contributed by atoms with Crippen molar-refractivity contribution in [1.82, 2.24) is 10.3 Å². The van der Waals surface area contributed by atoms with Crippen LogP contribution in [-0.2, 0) is 4.74 Å². The van der Waals surface area contributed by atoms with Crippen molar-refractivity contribution in [1.29, 1.82) is 0 Å². The Labute approximate surface area is 111 Å². The Kier molecular flexibility index (Phi) is 5.07. The van der Waals surface area contributed by atoms with Crippen LogP contribution in [0.25, 0.3) is 10.2 Å². The zero-order valence-electron chi connectivity index (χ0n) is 10.4. The molecule has 1 atom stereocenters. The Morgan fingerprint density at radius 1 is 1.50 bits per heavy atom. The van der Waals surface area contributed by atoms with Crippen LogP contribution in [0.15, 0.2) is 23.7 Å². The van der Waals surface area contributed by atoms with E-state index in [2.05, 4.69) is 28.7 Å². The number of fused-ring (bicyclic) bond motifs is 1. The first kappa shape index (κ1) is 13.4. The second kappa shape index (κ2) is 6.80. The monoisotopic (exact) mass is 266 g/mol. The van der Waals surface area contributed by atoms with Crippen LogP contribution in [0.4, 0.5) is 0 Å². The lowest BCUT2D eigenvalue weighted by Crippen LogP contribution is -2.23. The number of aliphatic hydroxyl groups excluding tert-OH is 1. The molecular weight excluding hydrogens is 248 g/mol. The van der Waals surface area contributed by atoms with Gasteiger partial charge in [-0.2, -0.15) is 0 Å². The lowest BCUT2D eigenvalue weighted by atomic mass is 10.1. The number of aliphatic hydroxyl groups is 1. The summed E-state index contributed by atoms with van der Waals surface area (Å²) < 4.78 is 6.42. The Morgan fingerprint density at radius 2 is 2.39 bits per heavy atom. The van der Waals surface area contributed by atoms with Crippen molar-refractivity contribution in [2.75, 3.05) is 26.4 Å². The number of pyridine rings is 1. The van der Waals surface area contributed by atoms with Gasteiger partial charge in [0.2, 0.25) is 0 Å². The lowest BCUT2D eigenvalue weighted by molar-refractivity contribution is 0.0928. The van der Waals surface area contributed by atoms with E-state index in [1.165, 1.54) is 10.3 Å². The molecule has 0 saturated carbocycles. The smallest absolute Gasteiger partial charge is 0.0809 e. The summed E-state index contributed by atoms with van der Waals surface area (Å²) in [5.41, 5.74) is 2.24. The molecule has 0 saturated heterocycles. The minimum Gasteiger partial charge on any atom is -0.394 e. The first-order valence-electron chi connectivity index (χ1n) is 6.06. The van der Waals surface area contributed by atoms with E-state index in [9.17, 15) is 0 Å². The molecule has 2 N–H and O–H groups in total. The number of nitrogens with zero attached hydrogens (tertiary/aromatic N) is 1. The summed E-state index contributed by atoms with van der Waals surface area (Å²) in [6.07, 6.45) is 1.92. The van der Waals surface area contributed by atoms with Crippen LogP contribution in [0.3, 0.4) is 0 Å². The number of nitrogens with one attached hydrogen (secondary N) is 1. The Bertz CT molecular complexity index is 487. The molecule has 5 heteroatoms. The van der Waals surface area contributed by atoms with Crippen molar-refractivity contribution in [3.8, 4) is 0 Å². The average molecular weight is 266 g/mol. The fraction of sp³-hybridized carbons (Fsp3) is 0.462. The van der Waals surface area contributed by atoms with E-state index in [4.69, 9.17) is 9.84 Å². The predicted octanol–water partition coefficient (Wildman–Crippen LogP) is 1.96. The molecule has 0 aromatic carbocycles. The normalized spacial score (nSPS) is 13.0. The molecular formula is C13H18N2O2S. The van der Waals surface area contributed by atoms with Crippen LogP contribution in [0.2, 0.25) is 0 Å². The van der Waals surface area contributed by atoms with Gasteiger partial charge in [-0.3, -0.25) is 4.98 Å². The number of thiophene rings is 1. The summed E-state index contributed by atoms with van der Waals surface area (Å²) >= 11 is 1.71. The van der Waals surface area contributed by atoms with Crippen LogP contribution in [0, 0.1) is 0 Å². The second-order valence-electron chi connectivity index (χ2n) is 4.08. The molecule has 2 heterocycles. The highest BCUT2D eigenvalue weighted by molar-refractivity contribution is 7.17. The van der Waals surface area contributed by atoms with E-state index in [-0.39, 0.29) is 12.6 Å². The molecule has 2 rings (SSSR count). The molecule has 2 aromatic rings. The highest BCUT2D eigenvalue weighted by atomic mass is 32.1. The molecule has 98 valence electrons. The first-order valence-corrected chi connectivity index (χ1v) is 6.94. The van der Waals surface area contributed by atoms with E-state index in [1.54, 1.807) is 11.3 Å². The highest BCUT2D eigenvalue weighted by Crippen LogP contribution is 2.22. The van der Waals surface area contributed by atoms with Crippen molar-refractivity contribution in [3.63, 3.8) is 0 Å². The van der Waals surface area contributed by atoms with Crippen molar-refractivity contribution >= 4 is 21.6 Å². The third-order valence-corrected chi connectivity index (χ3v) is 3.61. The lowest BCUT2D eigenvalue weighted by Gasteiger charge is -2.13. The molecule has 0 amide bonds. The third kappa shape index (κ3) is 3.49. The summed E-state index contributed by atoms with van der Waals surface area (Å²) in [4.78, 5) is 4.43. The standard InChI is InChI=1S/C13H18N2O2S/c1-10(14-3-5-17-6-4-16)11-8-13-12(15-9-11)2-7-18-13/h2,7-10,14,16H,3-6H2,1H3. The minimum absolute atomic E-state index is 0.0779. The van der Waals surface area contributed by atoms with Gasteiger partial charge in [-0.1, -0.05) is 0 Å². The second-order valence-corrected chi connectivity index (χ2v) is 5.03. The van der Waals surface area contributed by atoms with Crippen LogP contribution in [0.1, 0.15) is 18.5 Å². The van der Waals surface area contributed by atoms with Gasteiger partial charge in [0, 0.05) is 18.8 Å². The van der Waals surface area contributed by atoms with Gasteiger partial charge in [0.05, 0.1) is 30.0 Å². The summed E-state index contributed by atoms with van der Waals surface area (Å²) in [7, 11) is 0. The van der Waals surface area contributed by atoms with Gasteiger partial charge < -0.3 is 15.2 Å². The number of aromatic nitrogens is 1. The molecule has 0 aliphatic rings. The maximum absolute atomic E-state index is 8.58. The molecule has 0 radical (unpaired) electrons. The van der Waals surface area contributed by atoms with Crippen molar-refractivity contribution in [2.24, 2.45) is 0 Å². The van der Waals surface area contributed by atoms with E-state index < -0.39 is 0 Å². The average Bonchev–Trinajstić information content (AvgIpc) is 2.85. The fourth-order valence-corrected chi connectivity index (χ4v) is 2.52. The van der Waals surface area contributed by atoms with Crippen LogP contribution >= 0.6 is 11.3 Å². The van der Waals surface area contributed by atoms with Crippen LogP contribution in [-0.4, -0.2) is 36.5 Å². The Morgan fingerprint density at radius 3 is 3.22 bits per heavy atom. The summed E-state index contributed by atoms with van der Waals surface area (Å²) in [6, 6.07) is 4.46. The van der Waals surface area contributed by atoms with Crippen LogP contribution in [0.5, 0.6) is 0 Å². The molecule has 0 aliphatic heterocycles. The topological polar surface area (TPSA) is 54.4 Å². The summed E-state index contributed by atoms with van der Waals surface area (Å²) in [5.74, 6) is 0. The molecule has 0 spiro atoms. The van der Waals surface area contributed by atoms with Crippen molar-refractivity contribution < 1.29 is 9.84 Å². The highest BCUT2D eigenvalue weighted by Gasteiger charge is 2.06. The molecule has 1 unspecified atom stereocenters. The Balaban J connectivity index is 1.85. The summed E-state index contributed by atoms with van der Waals surface area (Å²) in [5, 5.41) is 14.0. The van der Waals surface area contributed by atoms with Crippen molar-refractivity contribution in [3.05, 3.63) is 29.3 Å². The predicted molar refractivity (Wildman–Crippen MR) is 73.9 cm³/mol. The maximum atomic E-state index is 8.58.